The van der Waals surface area contributed by atoms with Crippen LogP contribution in [0.3, 0.4) is 0 Å². The Kier molecular flexibility index (Phi) is 17.6. The van der Waals surface area contributed by atoms with Gasteiger partial charge in [0.2, 0.25) is 0 Å². The molecule has 7 heteroatoms. The van der Waals surface area contributed by atoms with Gasteiger partial charge in [-0.2, -0.15) is 0 Å². The fraction of sp³-hybridized carbons (Fsp3) is 1.00. The van der Waals surface area contributed by atoms with Gasteiger partial charge in [-0.05, 0) is 55.4 Å². The summed E-state index contributed by atoms with van der Waals surface area (Å²) in [6, 6.07) is 0. The molecule has 0 spiro atoms. The van der Waals surface area contributed by atoms with E-state index in [1.165, 1.54) is 0 Å². The summed E-state index contributed by atoms with van der Waals surface area (Å²) in [5.74, 6) is 0. The van der Waals surface area contributed by atoms with Crippen LogP contribution in [0.2, 0.25) is 0 Å². The lowest BCUT2D eigenvalue weighted by Gasteiger charge is -2.50. The van der Waals surface area contributed by atoms with E-state index < -0.39 is 7.87 Å². The molecule has 0 aromatic carbocycles. The quantitative estimate of drug-likeness (QED) is 0.380. The first-order valence-corrected chi connectivity index (χ1v) is 10.6. The molecule has 0 aromatic rings. The Morgan fingerprint density at radius 3 is 0.652 bits per heavy atom. The molecule has 0 aromatic heterocycles. The van der Waals surface area contributed by atoms with Crippen molar-refractivity contribution in [3.63, 3.8) is 0 Å². The van der Waals surface area contributed by atoms with Gasteiger partial charge >= 0.3 is 9.29 Å². The molecule has 0 saturated carbocycles. The van der Waals surface area contributed by atoms with Crippen molar-refractivity contribution in [1.29, 1.82) is 0 Å². The SMILES string of the molecule is CCN(CC)[P+](N(CC)CC)(N(CC)CC)N(CC)CC.[F-].[F-].[H+]. The molecule has 0 saturated heterocycles. The van der Waals surface area contributed by atoms with Gasteiger partial charge in [0.15, 0.2) is 0 Å². The van der Waals surface area contributed by atoms with Crippen molar-refractivity contribution in [2.45, 2.75) is 55.4 Å². The van der Waals surface area contributed by atoms with Crippen LogP contribution in [-0.2, 0) is 0 Å². The van der Waals surface area contributed by atoms with Crippen LogP contribution < -0.4 is 9.41 Å². The van der Waals surface area contributed by atoms with E-state index in [0.29, 0.717) is 0 Å². The van der Waals surface area contributed by atoms with E-state index in [1.54, 1.807) is 0 Å². The zero-order chi connectivity index (χ0) is 16.5. The van der Waals surface area contributed by atoms with Crippen molar-refractivity contribution < 1.29 is 10.8 Å². The Morgan fingerprint density at radius 2 is 0.565 bits per heavy atom. The molecule has 0 unspecified atom stereocenters. The van der Waals surface area contributed by atoms with Crippen molar-refractivity contribution in [3.05, 3.63) is 0 Å². The summed E-state index contributed by atoms with van der Waals surface area (Å²) in [5.41, 5.74) is 0. The second-order valence-corrected chi connectivity index (χ2v) is 8.43. The number of halogens is 2. The fourth-order valence-corrected chi connectivity index (χ4v) is 8.67. The summed E-state index contributed by atoms with van der Waals surface area (Å²) < 4.78 is 10.9. The third-order valence-corrected chi connectivity index (χ3v) is 9.74. The Morgan fingerprint density at radius 1 is 0.435 bits per heavy atom. The second kappa shape index (κ2) is 14.5. The molecular weight excluding hydrogens is 317 g/mol. The van der Waals surface area contributed by atoms with Crippen molar-refractivity contribution in [1.82, 2.24) is 18.7 Å². The third-order valence-electron chi connectivity index (χ3n) is 4.44. The fourth-order valence-electron chi connectivity index (χ4n) is 3.49. The first kappa shape index (κ1) is 28.0. The average molecular weight is 359 g/mol. The average Bonchev–Trinajstić information content (AvgIpc) is 2.51. The highest BCUT2D eigenvalue weighted by Crippen LogP contribution is 2.69. The van der Waals surface area contributed by atoms with Crippen molar-refractivity contribution >= 4 is 7.87 Å². The van der Waals surface area contributed by atoms with Gasteiger partial charge in [-0.25, -0.2) is 0 Å². The summed E-state index contributed by atoms with van der Waals surface area (Å²) in [5, 5.41) is 0. The van der Waals surface area contributed by atoms with Crippen molar-refractivity contribution in [2.75, 3.05) is 52.4 Å². The molecule has 4 nitrogen and oxygen atoms in total. The lowest BCUT2D eigenvalue weighted by molar-refractivity contribution is -0.00100. The van der Waals surface area contributed by atoms with E-state index in [9.17, 15) is 0 Å². The van der Waals surface area contributed by atoms with Gasteiger partial charge < -0.3 is 9.41 Å². The standard InChI is InChI=1S/C16H40N4P.2FH/c1-9-17(10-2)21(18(11-3)12-4,19(13-5)14-6)20(15-7)16-8;;/h9-16H2,1-8H3;2*1H/q+1;;/p-1. The maximum Gasteiger partial charge on any atom is 1.00 e. The van der Waals surface area contributed by atoms with Crippen LogP contribution in [0.5, 0.6) is 0 Å². The molecule has 23 heavy (non-hydrogen) atoms. The minimum atomic E-state index is -1.60. The summed E-state index contributed by atoms with van der Waals surface area (Å²) in [6.45, 7) is 27.5. The van der Waals surface area contributed by atoms with E-state index in [0.717, 1.165) is 52.4 Å². The normalized spacial score (nSPS) is 12.0. The highest BCUT2D eigenvalue weighted by Gasteiger charge is 2.58. The van der Waals surface area contributed by atoms with Crippen LogP contribution in [0.1, 0.15) is 56.8 Å². The first-order valence-electron chi connectivity index (χ1n) is 8.99. The number of rotatable bonds is 12. The van der Waals surface area contributed by atoms with Crippen LogP contribution in [0.15, 0.2) is 0 Å². The van der Waals surface area contributed by atoms with E-state index in [2.05, 4.69) is 74.1 Å². The summed E-state index contributed by atoms with van der Waals surface area (Å²) in [6.07, 6.45) is 0. The summed E-state index contributed by atoms with van der Waals surface area (Å²) in [4.78, 5) is 0. The second-order valence-electron chi connectivity index (χ2n) is 5.09. The Balaban J connectivity index is -0.000000667. The van der Waals surface area contributed by atoms with Gasteiger partial charge in [0.25, 0.3) is 0 Å². The Hall–Kier alpha value is 0.130. The molecule has 0 bridgehead atoms. The largest absolute Gasteiger partial charge is 1.00 e. The van der Waals surface area contributed by atoms with Crippen LogP contribution in [0, 0.1) is 0 Å². The molecule has 0 radical (unpaired) electrons. The molecule has 0 fully saturated rings. The molecule has 0 N–H and O–H groups in total. The summed E-state index contributed by atoms with van der Waals surface area (Å²) >= 11 is 0. The van der Waals surface area contributed by atoms with Gasteiger partial charge in [-0.15, -0.1) is 18.7 Å². The smallest absolute Gasteiger partial charge is 1.00 e. The molecule has 144 valence electrons. The number of hydrogen-bond acceptors (Lipinski definition) is 4. The topological polar surface area (TPSA) is 13.0 Å². The zero-order valence-electron chi connectivity index (χ0n) is 17.6. The van der Waals surface area contributed by atoms with Crippen molar-refractivity contribution in [2.24, 2.45) is 0 Å². The third kappa shape index (κ3) is 5.57. The van der Waals surface area contributed by atoms with Gasteiger partial charge in [0, 0.05) is 52.4 Å². The molecule has 0 rings (SSSR count). The van der Waals surface area contributed by atoms with Crippen LogP contribution in [0.4, 0.5) is 0 Å². The van der Waals surface area contributed by atoms with Gasteiger partial charge in [-0.1, -0.05) is 0 Å². The van der Waals surface area contributed by atoms with E-state index in [1.807, 2.05) is 0 Å². The lowest BCUT2D eigenvalue weighted by atomic mass is 10.6. The molecule has 0 heterocycles. The summed E-state index contributed by atoms with van der Waals surface area (Å²) in [7, 11) is -1.60. The molecule has 0 aliphatic heterocycles. The van der Waals surface area contributed by atoms with Crippen LogP contribution >= 0.6 is 7.87 Å². The number of nitrogens with zero attached hydrogens (tertiary/aromatic N) is 4. The zero-order valence-corrected chi connectivity index (χ0v) is 17.5. The van der Waals surface area contributed by atoms with E-state index in [4.69, 9.17) is 0 Å². The maximum atomic E-state index is 2.74. The number of hydrogen-bond donors (Lipinski definition) is 0. The minimum absolute atomic E-state index is 0. The maximum absolute atomic E-state index is 2.74. The van der Waals surface area contributed by atoms with Gasteiger partial charge in [-0.3, -0.25) is 0 Å². The first-order chi connectivity index (χ1) is 10.1. The predicted octanol–water partition coefficient (Wildman–Crippen LogP) is -1.85. The molecule has 0 aliphatic carbocycles. The molecule has 0 aliphatic rings. The van der Waals surface area contributed by atoms with Gasteiger partial charge in [0.05, 0.1) is 0 Å². The lowest BCUT2D eigenvalue weighted by Crippen LogP contribution is -3.00. The molecule has 0 amide bonds. The minimum Gasteiger partial charge on any atom is -1.00 e. The highest BCUT2D eigenvalue weighted by atomic mass is 31.2. The van der Waals surface area contributed by atoms with E-state index in [-0.39, 0.29) is 10.8 Å². The molecular formula is C16H41F2N4P. The van der Waals surface area contributed by atoms with Crippen LogP contribution in [-0.4, -0.2) is 71.0 Å². The Bertz CT molecular complexity index is 209. The van der Waals surface area contributed by atoms with E-state index >= 15 is 0 Å². The molecule has 0 atom stereocenters. The highest BCUT2D eigenvalue weighted by molar-refractivity contribution is 7.66. The predicted molar refractivity (Wildman–Crippen MR) is 99.7 cm³/mol. The van der Waals surface area contributed by atoms with Crippen molar-refractivity contribution in [3.8, 4) is 0 Å². The monoisotopic (exact) mass is 358 g/mol. The van der Waals surface area contributed by atoms with Crippen LogP contribution in [0.25, 0.3) is 0 Å². The van der Waals surface area contributed by atoms with Gasteiger partial charge in [0.1, 0.15) is 0 Å². The Labute approximate surface area is 146 Å².